The number of carboxylic acids is 1. The molecule has 5 heteroatoms. The standard InChI is InChI=1S/C18H22O5/c1-2-22-12-18(10-4-3-5-11-18)13-23-17(21)15-8-6-14(7-9-15)16(19)20/h2,6-9H,1,3-5,10-13H2,(H,19,20). The molecule has 1 aromatic carbocycles. The fraction of sp³-hybridized carbons (Fsp3) is 0.444. The second-order valence-corrected chi connectivity index (χ2v) is 6.00. The van der Waals surface area contributed by atoms with Crippen molar-refractivity contribution in [3.05, 3.63) is 48.2 Å². The lowest BCUT2D eigenvalue weighted by Crippen LogP contribution is -2.35. The van der Waals surface area contributed by atoms with Crippen LogP contribution < -0.4 is 0 Å². The number of hydrogen-bond donors (Lipinski definition) is 1. The molecule has 0 saturated heterocycles. The van der Waals surface area contributed by atoms with Crippen LogP contribution in [0.2, 0.25) is 0 Å². The van der Waals surface area contributed by atoms with Crippen LogP contribution in [0.5, 0.6) is 0 Å². The van der Waals surface area contributed by atoms with Crippen molar-refractivity contribution in [1.82, 2.24) is 0 Å². The van der Waals surface area contributed by atoms with Crippen LogP contribution in [0.3, 0.4) is 0 Å². The molecule has 5 nitrogen and oxygen atoms in total. The molecule has 23 heavy (non-hydrogen) atoms. The quantitative estimate of drug-likeness (QED) is 0.613. The first-order valence-corrected chi connectivity index (χ1v) is 7.79. The molecule has 0 radical (unpaired) electrons. The number of ether oxygens (including phenoxy) is 2. The van der Waals surface area contributed by atoms with Crippen molar-refractivity contribution in [3.8, 4) is 0 Å². The van der Waals surface area contributed by atoms with E-state index in [1.165, 1.54) is 36.9 Å². The van der Waals surface area contributed by atoms with Crippen LogP contribution in [0, 0.1) is 5.41 Å². The molecule has 2 rings (SSSR count). The van der Waals surface area contributed by atoms with E-state index in [4.69, 9.17) is 14.6 Å². The minimum Gasteiger partial charge on any atom is -0.501 e. The number of benzene rings is 1. The Morgan fingerprint density at radius 1 is 1.09 bits per heavy atom. The Labute approximate surface area is 135 Å². The summed E-state index contributed by atoms with van der Waals surface area (Å²) in [7, 11) is 0. The Morgan fingerprint density at radius 2 is 1.70 bits per heavy atom. The SMILES string of the molecule is C=COCC1(COC(=O)c2ccc(C(=O)O)cc2)CCCCC1. The second-order valence-electron chi connectivity index (χ2n) is 6.00. The van der Waals surface area contributed by atoms with Gasteiger partial charge in [-0.15, -0.1) is 0 Å². The highest BCUT2D eigenvalue weighted by Crippen LogP contribution is 2.37. The van der Waals surface area contributed by atoms with Crippen molar-refractivity contribution in [2.45, 2.75) is 32.1 Å². The van der Waals surface area contributed by atoms with Gasteiger partial charge in [0.25, 0.3) is 0 Å². The average Bonchev–Trinajstić information content (AvgIpc) is 2.59. The van der Waals surface area contributed by atoms with Crippen molar-refractivity contribution in [3.63, 3.8) is 0 Å². The van der Waals surface area contributed by atoms with E-state index < -0.39 is 11.9 Å². The van der Waals surface area contributed by atoms with Crippen LogP contribution in [0.15, 0.2) is 37.1 Å². The smallest absolute Gasteiger partial charge is 0.338 e. The molecule has 0 amide bonds. The van der Waals surface area contributed by atoms with Gasteiger partial charge in [0.1, 0.15) is 6.61 Å². The molecule has 0 aliphatic heterocycles. The summed E-state index contributed by atoms with van der Waals surface area (Å²) in [6.45, 7) is 4.37. The first-order valence-electron chi connectivity index (χ1n) is 7.79. The molecular formula is C18H22O5. The molecule has 1 aliphatic carbocycles. The number of carbonyl (C=O) groups excluding carboxylic acids is 1. The first-order chi connectivity index (χ1) is 11.1. The van der Waals surface area contributed by atoms with E-state index in [0.29, 0.717) is 18.8 Å². The van der Waals surface area contributed by atoms with Gasteiger partial charge in [-0.1, -0.05) is 25.8 Å². The molecular weight excluding hydrogens is 296 g/mol. The van der Waals surface area contributed by atoms with E-state index in [9.17, 15) is 9.59 Å². The molecule has 1 aromatic rings. The summed E-state index contributed by atoms with van der Waals surface area (Å²) in [5.41, 5.74) is 0.346. The fourth-order valence-electron chi connectivity index (χ4n) is 2.92. The third-order valence-electron chi connectivity index (χ3n) is 4.30. The van der Waals surface area contributed by atoms with E-state index in [-0.39, 0.29) is 11.0 Å². The van der Waals surface area contributed by atoms with Gasteiger partial charge in [-0.05, 0) is 37.1 Å². The molecule has 124 valence electrons. The van der Waals surface area contributed by atoms with Crippen LogP contribution in [0.25, 0.3) is 0 Å². The molecule has 0 aromatic heterocycles. The van der Waals surface area contributed by atoms with Crippen molar-refractivity contribution >= 4 is 11.9 Å². The lowest BCUT2D eigenvalue weighted by atomic mass is 9.75. The fourth-order valence-corrected chi connectivity index (χ4v) is 2.92. The molecule has 0 atom stereocenters. The zero-order valence-electron chi connectivity index (χ0n) is 13.1. The monoisotopic (exact) mass is 318 g/mol. The molecule has 0 unspecified atom stereocenters. The van der Waals surface area contributed by atoms with Crippen LogP contribution >= 0.6 is 0 Å². The minimum absolute atomic E-state index is 0.143. The lowest BCUT2D eigenvalue weighted by Gasteiger charge is -2.35. The maximum Gasteiger partial charge on any atom is 0.338 e. The summed E-state index contributed by atoms with van der Waals surface area (Å²) in [6, 6.07) is 5.74. The Kier molecular flexibility index (Phi) is 5.79. The maximum atomic E-state index is 12.2. The largest absolute Gasteiger partial charge is 0.501 e. The van der Waals surface area contributed by atoms with E-state index in [1.807, 2.05) is 0 Å². The number of rotatable bonds is 7. The molecule has 0 heterocycles. The number of carbonyl (C=O) groups is 2. The van der Waals surface area contributed by atoms with E-state index >= 15 is 0 Å². The minimum atomic E-state index is -1.02. The molecule has 1 aliphatic rings. The van der Waals surface area contributed by atoms with Crippen molar-refractivity contribution in [2.75, 3.05) is 13.2 Å². The van der Waals surface area contributed by atoms with E-state index in [1.54, 1.807) is 0 Å². The highest BCUT2D eigenvalue weighted by Gasteiger charge is 2.34. The topological polar surface area (TPSA) is 72.8 Å². The predicted molar refractivity (Wildman–Crippen MR) is 85.4 cm³/mol. The van der Waals surface area contributed by atoms with Crippen molar-refractivity contribution in [2.24, 2.45) is 5.41 Å². The molecule has 1 saturated carbocycles. The van der Waals surface area contributed by atoms with Crippen LogP contribution in [0.4, 0.5) is 0 Å². The third kappa shape index (κ3) is 4.58. The van der Waals surface area contributed by atoms with Gasteiger partial charge in [0.2, 0.25) is 0 Å². The van der Waals surface area contributed by atoms with E-state index in [2.05, 4.69) is 6.58 Å². The molecule has 0 spiro atoms. The third-order valence-corrected chi connectivity index (χ3v) is 4.30. The summed E-state index contributed by atoms with van der Waals surface area (Å²) in [6.07, 6.45) is 6.75. The molecule has 1 N–H and O–H groups in total. The van der Waals surface area contributed by atoms with E-state index in [0.717, 1.165) is 25.7 Å². The normalized spacial score (nSPS) is 16.3. The highest BCUT2D eigenvalue weighted by atomic mass is 16.5. The van der Waals surface area contributed by atoms with Crippen molar-refractivity contribution in [1.29, 1.82) is 0 Å². The first kappa shape index (κ1) is 17.1. The molecule has 0 bridgehead atoms. The lowest BCUT2D eigenvalue weighted by molar-refractivity contribution is -0.00946. The second kappa shape index (κ2) is 7.81. The van der Waals surface area contributed by atoms with Crippen LogP contribution in [-0.4, -0.2) is 30.3 Å². The van der Waals surface area contributed by atoms with Crippen LogP contribution in [0.1, 0.15) is 52.8 Å². The number of aromatic carboxylic acids is 1. The van der Waals surface area contributed by atoms with Crippen molar-refractivity contribution < 1.29 is 24.2 Å². The maximum absolute atomic E-state index is 12.2. The predicted octanol–water partition coefficient (Wildman–Crippen LogP) is 3.65. The van der Waals surface area contributed by atoms with Crippen LogP contribution in [-0.2, 0) is 9.47 Å². The average molecular weight is 318 g/mol. The number of hydrogen-bond acceptors (Lipinski definition) is 4. The zero-order chi connectivity index (χ0) is 16.7. The summed E-state index contributed by atoms with van der Waals surface area (Å²) in [5, 5.41) is 8.87. The van der Waals surface area contributed by atoms with Gasteiger partial charge < -0.3 is 14.6 Å². The van der Waals surface area contributed by atoms with Gasteiger partial charge in [-0.3, -0.25) is 0 Å². The Balaban J connectivity index is 1.97. The highest BCUT2D eigenvalue weighted by molar-refractivity contribution is 5.92. The Hall–Kier alpha value is -2.30. The summed E-state index contributed by atoms with van der Waals surface area (Å²) in [4.78, 5) is 23.0. The van der Waals surface area contributed by atoms with Gasteiger partial charge in [0.05, 0.1) is 24.0 Å². The van der Waals surface area contributed by atoms with Gasteiger partial charge in [-0.25, -0.2) is 9.59 Å². The van der Waals surface area contributed by atoms with Gasteiger partial charge in [0, 0.05) is 5.41 Å². The van der Waals surface area contributed by atoms with Gasteiger partial charge in [0.15, 0.2) is 0 Å². The summed E-state index contributed by atoms with van der Waals surface area (Å²) < 4.78 is 10.8. The Bertz CT molecular complexity index is 555. The van der Waals surface area contributed by atoms with Gasteiger partial charge in [-0.2, -0.15) is 0 Å². The zero-order valence-corrected chi connectivity index (χ0v) is 13.1. The number of carboxylic acid groups (broad SMARTS) is 1. The summed E-state index contributed by atoms with van der Waals surface area (Å²) >= 11 is 0. The summed E-state index contributed by atoms with van der Waals surface area (Å²) in [5.74, 6) is -1.46. The Morgan fingerprint density at radius 3 is 2.26 bits per heavy atom. The number of esters is 1. The van der Waals surface area contributed by atoms with Gasteiger partial charge >= 0.3 is 11.9 Å². The molecule has 1 fully saturated rings.